The third kappa shape index (κ3) is 3.25. The number of thioether (sulfide) groups is 1. The number of fused-ring (bicyclic) bond motifs is 1. The number of amides is 1. The number of hydrogen-bond acceptors (Lipinski definition) is 7. The van der Waals surface area contributed by atoms with Crippen LogP contribution in [-0.4, -0.2) is 27.4 Å². The van der Waals surface area contributed by atoms with Crippen LogP contribution in [0.15, 0.2) is 79.3 Å². The van der Waals surface area contributed by atoms with E-state index in [9.17, 15) is 4.79 Å². The molecule has 0 fully saturated rings. The third-order valence-electron chi connectivity index (χ3n) is 4.44. The second-order valence-electron chi connectivity index (χ2n) is 6.23. The van der Waals surface area contributed by atoms with Crippen LogP contribution in [0.2, 0.25) is 0 Å². The molecule has 0 spiro atoms. The Bertz CT molecular complexity index is 1100. The number of nitrogens with zero attached hydrogens (tertiary/aromatic N) is 3. The molecule has 1 aromatic carbocycles. The molecule has 1 aliphatic rings. The van der Waals surface area contributed by atoms with Gasteiger partial charge in [0.25, 0.3) is 11.1 Å². The summed E-state index contributed by atoms with van der Waals surface area (Å²) in [5.41, 5.74) is 2.40. The van der Waals surface area contributed by atoms with Crippen LogP contribution in [0.1, 0.15) is 23.1 Å². The lowest BCUT2D eigenvalue weighted by Crippen LogP contribution is -2.28. The Labute approximate surface area is 168 Å². The van der Waals surface area contributed by atoms with Crippen LogP contribution in [0, 0.1) is 0 Å². The summed E-state index contributed by atoms with van der Waals surface area (Å²) < 4.78 is 11.3. The summed E-state index contributed by atoms with van der Waals surface area (Å²) in [5, 5.41) is 8.63. The summed E-state index contributed by atoms with van der Waals surface area (Å²) >= 11 is 2.89. The van der Waals surface area contributed by atoms with Crippen LogP contribution in [0.5, 0.6) is 0 Å². The van der Waals surface area contributed by atoms with Crippen molar-refractivity contribution >= 4 is 45.8 Å². The van der Waals surface area contributed by atoms with E-state index in [-0.39, 0.29) is 17.7 Å². The zero-order chi connectivity index (χ0) is 18.9. The van der Waals surface area contributed by atoms with Crippen LogP contribution in [0.3, 0.4) is 0 Å². The molecule has 1 atom stereocenters. The number of para-hydroxylation sites is 2. The van der Waals surface area contributed by atoms with Gasteiger partial charge in [-0.05, 0) is 35.7 Å². The van der Waals surface area contributed by atoms with Gasteiger partial charge >= 0.3 is 0 Å². The van der Waals surface area contributed by atoms with Crippen molar-refractivity contribution in [3.8, 4) is 0 Å². The van der Waals surface area contributed by atoms with E-state index in [0.717, 1.165) is 21.9 Å². The Morgan fingerprint density at radius 3 is 2.93 bits per heavy atom. The van der Waals surface area contributed by atoms with Crippen LogP contribution in [0.4, 0.5) is 0 Å². The lowest BCUT2D eigenvalue weighted by Gasteiger charge is -2.19. The quantitative estimate of drug-likeness (QED) is 0.436. The average molecular weight is 409 g/mol. The first-order valence-corrected chi connectivity index (χ1v) is 10.6. The molecule has 0 saturated carbocycles. The number of carbonyl (C=O) groups excluding carboxylic acids is 1. The van der Waals surface area contributed by atoms with E-state index in [4.69, 9.17) is 8.83 Å². The van der Waals surface area contributed by atoms with Crippen LogP contribution in [0.25, 0.3) is 11.1 Å². The molecule has 140 valence electrons. The van der Waals surface area contributed by atoms with Crippen LogP contribution >= 0.6 is 23.1 Å². The second kappa shape index (κ2) is 7.29. The average Bonchev–Trinajstić information content (AvgIpc) is 3.50. The number of thiophene rings is 1. The topological polar surface area (TPSA) is 71.8 Å². The highest BCUT2D eigenvalue weighted by Crippen LogP contribution is 2.35. The predicted molar refractivity (Wildman–Crippen MR) is 109 cm³/mol. The number of oxazole rings is 1. The molecular weight excluding hydrogens is 394 g/mol. The van der Waals surface area contributed by atoms with Crippen molar-refractivity contribution in [1.82, 2.24) is 9.99 Å². The second-order valence-corrected chi connectivity index (χ2v) is 8.11. The van der Waals surface area contributed by atoms with Crippen LogP contribution < -0.4 is 0 Å². The maximum absolute atomic E-state index is 12.9. The molecule has 4 heterocycles. The molecule has 4 aromatic rings. The van der Waals surface area contributed by atoms with Gasteiger partial charge in [-0.3, -0.25) is 4.79 Å². The monoisotopic (exact) mass is 409 g/mol. The van der Waals surface area contributed by atoms with Gasteiger partial charge in [-0.15, -0.1) is 11.3 Å². The molecule has 8 heteroatoms. The highest BCUT2D eigenvalue weighted by molar-refractivity contribution is 7.99. The zero-order valence-corrected chi connectivity index (χ0v) is 16.3. The van der Waals surface area contributed by atoms with E-state index in [1.807, 2.05) is 53.9 Å². The fraction of sp³-hybridized carbons (Fsp3) is 0.150. The van der Waals surface area contributed by atoms with Crippen molar-refractivity contribution in [2.45, 2.75) is 17.7 Å². The Morgan fingerprint density at radius 1 is 1.21 bits per heavy atom. The molecular formula is C20H15N3O3S2. The van der Waals surface area contributed by atoms with E-state index < -0.39 is 0 Å². The normalized spacial score (nSPS) is 16.6. The van der Waals surface area contributed by atoms with Crippen molar-refractivity contribution in [2.75, 3.05) is 5.75 Å². The van der Waals surface area contributed by atoms with E-state index in [2.05, 4.69) is 10.1 Å². The maximum atomic E-state index is 12.9. The Hall–Kier alpha value is -2.84. The number of carbonyl (C=O) groups is 1. The van der Waals surface area contributed by atoms with Crippen molar-refractivity contribution in [3.63, 3.8) is 0 Å². The summed E-state index contributed by atoms with van der Waals surface area (Å²) in [6.45, 7) is 0. The van der Waals surface area contributed by atoms with Crippen molar-refractivity contribution in [1.29, 1.82) is 0 Å². The van der Waals surface area contributed by atoms with Gasteiger partial charge in [0.15, 0.2) is 5.58 Å². The highest BCUT2D eigenvalue weighted by Gasteiger charge is 2.35. The van der Waals surface area contributed by atoms with Gasteiger partial charge < -0.3 is 8.83 Å². The third-order valence-corrected chi connectivity index (χ3v) is 6.17. The van der Waals surface area contributed by atoms with E-state index in [1.165, 1.54) is 16.8 Å². The number of furan rings is 1. The molecule has 3 aromatic heterocycles. The SMILES string of the molecule is O=C(CSc1nc2ccccc2o1)N1N=C(c2cccs2)CC1c1ccco1. The first-order valence-electron chi connectivity index (χ1n) is 8.73. The summed E-state index contributed by atoms with van der Waals surface area (Å²) in [6, 6.07) is 15.0. The number of hydrogen-bond donors (Lipinski definition) is 0. The van der Waals surface area contributed by atoms with Gasteiger partial charge in [0.2, 0.25) is 0 Å². The molecule has 1 unspecified atom stereocenters. The number of benzene rings is 1. The summed E-state index contributed by atoms with van der Waals surface area (Å²) in [7, 11) is 0. The minimum absolute atomic E-state index is 0.111. The highest BCUT2D eigenvalue weighted by atomic mass is 32.2. The molecule has 0 N–H and O–H groups in total. The van der Waals surface area contributed by atoms with E-state index in [0.29, 0.717) is 17.2 Å². The summed E-state index contributed by atoms with van der Waals surface area (Å²) in [4.78, 5) is 18.4. The molecule has 1 amide bonds. The lowest BCUT2D eigenvalue weighted by molar-refractivity contribution is -0.130. The van der Waals surface area contributed by atoms with E-state index >= 15 is 0 Å². The smallest absolute Gasteiger partial charge is 0.257 e. The minimum Gasteiger partial charge on any atom is -0.467 e. The van der Waals surface area contributed by atoms with Gasteiger partial charge in [0, 0.05) is 6.42 Å². The fourth-order valence-electron chi connectivity index (χ4n) is 3.14. The molecule has 0 saturated heterocycles. The largest absolute Gasteiger partial charge is 0.467 e. The Balaban J connectivity index is 1.36. The molecule has 0 aliphatic carbocycles. The van der Waals surface area contributed by atoms with Crippen molar-refractivity contribution in [3.05, 3.63) is 70.8 Å². The molecule has 1 aliphatic heterocycles. The van der Waals surface area contributed by atoms with Crippen molar-refractivity contribution < 1.29 is 13.6 Å². The first kappa shape index (κ1) is 17.3. The Morgan fingerprint density at radius 2 is 2.14 bits per heavy atom. The molecule has 0 bridgehead atoms. The Kier molecular flexibility index (Phi) is 4.50. The summed E-state index contributed by atoms with van der Waals surface area (Å²) in [6.07, 6.45) is 2.25. The number of rotatable bonds is 5. The van der Waals surface area contributed by atoms with Crippen molar-refractivity contribution in [2.24, 2.45) is 5.10 Å². The minimum atomic E-state index is -0.233. The molecule has 5 rings (SSSR count). The molecule has 6 nitrogen and oxygen atoms in total. The van der Waals surface area contributed by atoms with Gasteiger partial charge in [0.05, 0.1) is 22.6 Å². The predicted octanol–water partition coefficient (Wildman–Crippen LogP) is 4.95. The standard InChI is InChI=1S/C20H15N3O3S2/c24-19(12-28-20-21-13-5-1-2-6-16(13)26-20)23-15(17-7-3-9-25-17)11-14(22-23)18-8-4-10-27-18/h1-10,15H,11-12H2. The number of hydrazone groups is 1. The summed E-state index contributed by atoms with van der Waals surface area (Å²) in [5.74, 6) is 0.807. The fourth-order valence-corrected chi connectivity index (χ4v) is 4.55. The molecule has 28 heavy (non-hydrogen) atoms. The number of aromatic nitrogens is 1. The van der Waals surface area contributed by atoms with Gasteiger partial charge in [-0.2, -0.15) is 5.10 Å². The van der Waals surface area contributed by atoms with Gasteiger partial charge in [0.1, 0.15) is 17.3 Å². The van der Waals surface area contributed by atoms with Crippen LogP contribution in [-0.2, 0) is 4.79 Å². The molecule has 0 radical (unpaired) electrons. The van der Waals surface area contributed by atoms with Gasteiger partial charge in [-0.1, -0.05) is 30.0 Å². The first-order chi connectivity index (χ1) is 13.8. The van der Waals surface area contributed by atoms with Gasteiger partial charge in [-0.25, -0.2) is 9.99 Å². The zero-order valence-electron chi connectivity index (χ0n) is 14.6. The van der Waals surface area contributed by atoms with E-state index in [1.54, 1.807) is 17.6 Å². The lowest BCUT2D eigenvalue weighted by atomic mass is 10.1. The maximum Gasteiger partial charge on any atom is 0.257 e.